The van der Waals surface area contributed by atoms with Crippen LogP contribution in [0, 0.1) is 5.92 Å². The zero-order chi connectivity index (χ0) is 14.2. The van der Waals surface area contributed by atoms with Crippen molar-refractivity contribution < 1.29 is 10.2 Å². The van der Waals surface area contributed by atoms with Crippen molar-refractivity contribution in [2.24, 2.45) is 5.92 Å². The summed E-state index contributed by atoms with van der Waals surface area (Å²) in [5.41, 5.74) is 0.625. The quantitative estimate of drug-likeness (QED) is 0.882. The number of benzene rings is 1. The van der Waals surface area contributed by atoms with E-state index in [4.69, 9.17) is 0 Å². The molecule has 1 fully saturated rings. The molecule has 20 heavy (non-hydrogen) atoms. The smallest absolute Gasteiger partial charge is 0.108 e. The van der Waals surface area contributed by atoms with E-state index in [-0.39, 0.29) is 0 Å². The number of nitrogens with zero attached hydrogens (tertiary/aromatic N) is 1. The first kappa shape index (κ1) is 13.5. The van der Waals surface area contributed by atoms with Gasteiger partial charge in [0, 0.05) is 11.6 Å². The Balaban J connectivity index is 1.89. The fraction of sp³-hybridized carbons (Fsp3) is 0.471. The largest absolute Gasteiger partial charge is 0.387 e. The van der Waals surface area contributed by atoms with Crippen LogP contribution in [-0.4, -0.2) is 20.8 Å². The lowest BCUT2D eigenvalue weighted by Crippen LogP contribution is -2.39. The molecule has 0 radical (unpaired) electrons. The second-order valence-corrected chi connectivity index (χ2v) is 6.14. The van der Waals surface area contributed by atoms with E-state index in [0.29, 0.717) is 18.8 Å². The molecular formula is C17H21NO2. The van der Waals surface area contributed by atoms with Crippen molar-refractivity contribution in [1.82, 2.24) is 4.98 Å². The third kappa shape index (κ3) is 2.43. The van der Waals surface area contributed by atoms with E-state index >= 15 is 0 Å². The van der Waals surface area contributed by atoms with Gasteiger partial charge in [0.05, 0.1) is 11.1 Å². The maximum absolute atomic E-state index is 10.7. The third-order valence-corrected chi connectivity index (χ3v) is 4.59. The van der Waals surface area contributed by atoms with Crippen molar-refractivity contribution in [3.63, 3.8) is 0 Å². The number of fused-ring (bicyclic) bond motifs is 1. The van der Waals surface area contributed by atoms with Crippen molar-refractivity contribution in [2.75, 3.05) is 0 Å². The van der Waals surface area contributed by atoms with E-state index in [1.165, 1.54) is 0 Å². The summed E-state index contributed by atoms with van der Waals surface area (Å²) in [6, 6.07) is 9.63. The maximum atomic E-state index is 10.7. The molecule has 106 valence electrons. The van der Waals surface area contributed by atoms with Gasteiger partial charge >= 0.3 is 0 Å². The Morgan fingerprint density at radius 3 is 2.75 bits per heavy atom. The topological polar surface area (TPSA) is 53.4 Å². The van der Waals surface area contributed by atoms with Crippen LogP contribution in [0.3, 0.4) is 0 Å². The number of aliphatic hydroxyl groups excluding tert-OH is 1. The van der Waals surface area contributed by atoms with Gasteiger partial charge in [-0.15, -0.1) is 0 Å². The van der Waals surface area contributed by atoms with Crippen molar-refractivity contribution in [3.05, 3.63) is 42.1 Å². The lowest BCUT2D eigenvalue weighted by atomic mass is 9.75. The molecule has 3 nitrogen and oxygen atoms in total. The molecule has 3 rings (SSSR count). The first-order chi connectivity index (χ1) is 9.58. The van der Waals surface area contributed by atoms with Gasteiger partial charge in [0.25, 0.3) is 0 Å². The molecule has 1 aromatic heterocycles. The molecule has 2 N–H and O–H groups in total. The summed E-state index contributed by atoms with van der Waals surface area (Å²) in [5, 5.41) is 22.3. The van der Waals surface area contributed by atoms with Crippen LogP contribution in [0.2, 0.25) is 0 Å². The van der Waals surface area contributed by atoms with E-state index < -0.39 is 11.7 Å². The molecule has 0 spiro atoms. The van der Waals surface area contributed by atoms with Crippen molar-refractivity contribution in [2.45, 2.75) is 44.3 Å². The van der Waals surface area contributed by atoms with Crippen LogP contribution in [0.15, 0.2) is 36.5 Å². The van der Waals surface area contributed by atoms with Gasteiger partial charge in [0.1, 0.15) is 6.10 Å². The Bertz CT molecular complexity index is 603. The first-order valence-corrected chi connectivity index (χ1v) is 7.34. The van der Waals surface area contributed by atoms with Crippen LogP contribution in [0.5, 0.6) is 0 Å². The van der Waals surface area contributed by atoms with Gasteiger partial charge in [0.2, 0.25) is 0 Å². The Hall–Kier alpha value is -1.45. The summed E-state index contributed by atoms with van der Waals surface area (Å²) in [7, 11) is 0. The molecule has 1 saturated carbocycles. The molecule has 1 aromatic carbocycles. The van der Waals surface area contributed by atoms with Gasteiger partial charge in [-0.1, -0.05) is 25.1 Å². The molecule has 1 unspecified atom stereocenters. The van der Waals surface area contributed by atoms with Crippen LogP contribution >= 0.6 is 0 Å². The molecule has 0 aliphatic heterocycles. The lowest BCUT2D eigenvalue weighted by molar-refractivity contribution is -0.105. The number of aromatic nitrogens is 1. The number of pyridine rings is 1. The third-order valence-electron chi connectivity index (χ3n) is 4.59. The molecule has 1 heterocycles. The summed E-state index contributed by atoms with van der Waals surface area (Å²) in [4.78, 5) is 4.31. The monoisotopic (exact) mass is 271 g/mol. The highest BCUT2D eigenvalue weighted by molar-refractivity contribution is 5.79. The van der Waals surface area contributed by atoms with Gasteiger partial charge in [-0.25, -0.2) is 0 Å². The normalized spacial score (nSPS) is 28.4. The SMILES string of the molecule is CC1CCC(O)(C(O)c2ccc3cccnc3c2)CC1. The summed E-state index contributed by atoms with van der Waals surface area (Å²) in [6.07, 6.45) is 4.18. The molecule has 2 aromatic rings. The molecule has 0 amide bonds. The fourth-order valence-electron chi connectivity index (χ4n) is 3.10. The van der Waals surface area contributed by atoms with E-state index in [1.54, 1.807) is 6.20 Å². The number of hydrogen-bond acceptors (Lipinski definition) is 3. The average molecular weight is 271 g/mol. The molecular weight excluding hydrogens is 250 g/mol. The van der Waals surface area contributed by atoms with Crippen LogP contribution in [0.25, 0.3) is 10.9 Å². The van der Waals surface area contributed by atoms with E-state index in [1.807, 2.05) is 30.3 Å². The fourth-order valence-corrected chi connectivity index (χ4v) is 3.10. The molecule has 1 aliphatic carbocycles. The Labute approximate surface area is 119 Å². The average Bonchev–Trinajstić information content (AvgIpc) is 2.49. The predicted molar refractivity (Wildman–Crippen MR) is 79.3 cm³/mol. The second kappa shape index (κ2) is 5.15. The molecule has 1 atom stereocenters. The highest BCUT2D eigenvalue weighted by atomic mass is 16.3. The lowest BCUT2D eigenvalue weighted by Gasteiger charge is -2.38. The zero-order valence-corrected chi connectivity index (χ0v) is 11.8. The van der Waals surface area contributed by atoms with E-state index in [2.05, 4.69) is 11.9 Å². The zero-order valence-electron chi connectivity index (χ0n) is 11.8. The molecule has 0 bridgehead atoms. The van der Waals surface area contributed by atoms with Gasteiger partial charge in [-0.05, 0) is 49.3 Å². The highest BCUT2D eigenvalue weighted by Gasteiger charge is 2.39. The van der Waals surface area contributed by atoms with E-state index in [0.717, 1.165) is 29.3 Å². The summed E-state index contributed by atoms with van der Waals surface area (Å²) >= 11 is 0. The van der Waals surface area contributed by atoms with Crippen molar-refractivity contribution in [3.8, 4) is 0 Å². The minimum atomic E-state index is -0.991. The van der Waals surface area contributed by atoms with Crippen molar-refractivity contribution >= 4 is 10.9 Å². The minimum absolute atomic E-state index is 0.640. The highest BCUT2D eigenvalue weighted by Crippen LogP contribution is 2.40. The number of aliphatic hydroxyl groups is 2. The van der Waals surface area contributed by atoms with Gasteiger partial charge in [0.15, 0.2) is 0 Å². The van der Waals surface area contributed by atoms with Crippen LogP contribution in [0.1, 0.15) is 44.3 Å². The Morgan fingerprint density at radius 2 is 2.00 bits per heavy atom. The van der Waals surface area contributed by atoms with Crippen LogP contribution < -0.4 is 0 Å². The molecule has 0 saturated heterocycles. The summed E-state index contributed by atoms with van der Waals surface area (Å²) in [6.45, 7) is 2.20. The Kier molecular flexibility index (Phi) is 3.48. The minimum Gasteiger partial charge on any atom is -0.387 e. The first-order valence-electron chi connectivity index (χ1n) is 7.34. The van der Waals surface area contributed by atoms with Crippen LogP contribution in [-0.2, 0) is 0 Å². The standard InChI is InChI=1S/C17H21NO2/c1-12-6-8-17(20,9-7-12)16(19)14-5-4-13-3-2-10-18-15(13)11-14/h2-5,10-12,16,19-20H,6-9H2,1H3. The molecule has 1 aliphatic rings. The van der Waals surface area contributed by atoms with Gasteiger partial charge < -0.3 is 10.2 Å². The van der Waals surface area contributed by atoms with Crippen LogP contribution in [0.4, 0.5) is 0 Å². The summed E-state index contributed by atoms with van der Waals surface area (Å²) in [5.74, 6) is 0.640. The number of hydrogen-bond donors (Lipinski definition) is 2. The predicted octanol–water partition coefficient (Wildman–Crippen LogP) is 3.21. The second-order valence-electron chi connectivity index (χ2n) is 6.14. The van der Waals surface area contributed by atoms with Crippen molar-refractivity contribution in [1.29, 1.82) is 0 Å². The van der Waals surface area contributed by atoms with Gasteiger partial charge in [-0.3, -0.25) is 4.98 Å². The van der Waals surface area contributed by atoms with E-state index in [9.17, 15) is 10.2 Å². The van der Waals surface area contributed by atoms with Gasteiger partial charge in [-0.2, -0.15) is 0 Å². The molecule has 3 heteroatoms. The maximum Gasteiger partial charge on any atom is 0.108 e. The number of rotatable bonds is 2. The Morgan fingerprint density at radius 1 is 1.25 bits per heavy atom. The summed E-state index contributed by atoms with van der Waals surface area (Å²) < 4.78 is 0.